The fourth-order valence-electron chi connectivity index (χ4n) is 3.32. The fourth-order valence-corrected chi connectivity index (χ4v) is 4.18. The number of nitrogens with zero attached hydrogens (tertiary/aromatic N) is 4. The van der Waals surface area contributed by atoms with Gasteiger partial charge in [-0.3, -0.25) is 4.90 Å². The zero-order valence-corrected chi connectivity index (χ0v) is 14.6. The van der Waals surface area contributed by atoms with E-state index >= 15 is 0 Å². The summed E-state index contributed by atoms with van der Waals surface area (Å²) in [5, 5.41) is 0. The molecule has 5 heteroatoms. The van der Waals surface area contributed by atoms with Crippen LogP contribution in [0.4, 0.5) is 0 Å². The van der Waals surface area contributed by atoms with Crippen molar-refractivity contribution in [3.8, 4) is 0 Å². The van der Waals surface area contributed by atoms with E-state index in [1.807, 2.05) is 5.51 Å². The van der Waals surface area contributed by atoms with E-state index in [4.69, 9.17) is 0 Å². The molecule has 2 aromatic rings. The molecule has 0 unspecified atom stereocenters. The van der Waals surface area contributed by atoms with E-state index in [1.165, 1.54) is 42.3 Å². The molecule has 0 N–H and O–H groups in total. The van der Waals surface area contributed by atoms with Gasteiger partial charge in [-0.2, -0.15) is 0 Å². The van der Waals surface area contributed by atoms with Crippen molar-refractivity contribution < 1.29 is 0 Å². The van der Waals surface area contributed by atoms with E-state index in [2.05, 4.69) is 58.7 Å². The van der Waals surface area contributed by atoms with Gasteiger partial charge in [0, 0.05) is 50.0 Å². The maximum Gasteiger partial charge on any atom is 0.0798 e. The molecule has 2 aromatic heterocycles. The van der Waals surface area contributed by atoms with Gasteiger partial charge in [-0.15, -0.1) is 11.3 Å². The molecule has 0 aromatic carbocycles. The van der Waals surface area contributed by atoms with Crippen LogP contribution in [-0.4, -0.2) is 46.0 Å². The molecule has 1 saturated heterocycles. The predicted molar refractivity (Wildman–Crippen MR) is 92.0 cm³/mol. The molecule has 3 heterocycles. The van der Waals surface area contributed by atoms with Gasteiger partial charge >= 0.3 is 0 Å². The highest BCUT2D eigenvalue weighted by Crippen LogP contribution is 2.21. The standard InChI is InChI=1S/C17H26N4S/c1-14-17(22-13-18-14)12-19(2)9-15-6-8-21(10-15)11-16-5-4-7-20(16)3/h4-5,7,13,15H,6,8-12H2,1-3H3/t15-/m1/s1. The molecule has 1 aliphatic rings. The third-order valence-corrected chi connectivity index (χ3v) is 5.55. The molecule has 1 aliphatic heterocycles. The maximum absolute atomic E-state index is 4.34. The van der Waals surface area contributed by atoms with Crippen LogP contribution in [0, 0.1) is 12.8 Å². The van der Waals surface area contributed by atoms with Gasteiger partial charge in [0.15, 0.2) is 0 Å². The van der Waals surface area contributed by atoms with Crippen molar-refractivity contribution in [3.63, 3.8) is 0 Å². The minimum absolute atomic E-state index is 0.790. The number of rotatable bonds is 6. The molecule has 4 nitrogen and oxygen atoms in total. The van der Waals surface area contributed by atoms with Crippen LogP contribution in [0.5, 0.6) is 0 Å². The van der Waals surface area contributed by atoms with Crippen molar-refractivity contribution in [1.29, 1.82) is 0 Å². The Balaban J connectivity index is 1.46. The van der Waals surface area contributed by atoms with Gasteiger partial charge in [0.1, 0.15) is 0 Å². The lowest BCUT2D eigenvalue weighted by Crippen LogP contribution is -2.28. The molecule has 0 aliphatic carbocycles. The lowest BCUT2D eigenvalue weighted by Gasteiger charge is -2.21. The molecule has 22 heavy (non-hydrogen) atoms. The Bertz CT molecular complexity index is 603. The molecule has 0 radical (unpaired) electrons. The summed E-state index contributed by atoms with van der Waals surface area (Å²) in [6.07, 6.45) is 3.45. The minimum Gasteiger partial charge on any atom is -0.353 e. The van der Waals surface area contributed by atoms with Gasteiger partial charge in [-0.05, 0) is 45.0 Å². The topological polar surface area (TPSA) is 24.3 Å². The number of thiazole rings is 1. The average molecular weight is 318 g/mol. The van der Waals surface area contributed by atoms with Crippen molar-refractivity contribution in [2.75, 3.05) is 26.7 Å². The van der Waals surface area contributed by atoms with E-state index < -0.39 is 0 Å². The van der Waals surface area contributed by atoms with Crippen LogP contribution in [0.1, 0.15) is 22.7 Å². The second kappa shape index (κ2) is 6.94. The highest BCUT2D eigenvalue weighted by atomic mass is 32.1. The third kappa shape index (κ3) is 3.77. The molecule has 0 bridgehead atoms. The van der Waals surface area contributed by atoms with E-state index in [0.29, 0.717) is 0 Å². The number of hydrogen-bond acceptors (Lipinski definition) is 4. The highest BCUT2D eigenvalue weighted by Gasteiger charge is 2.24. The fraction of sp³-hybridized carbons (Fsp3) is 0.588. The first-order chi connectivity index (χ1) is 10.6. The van der Waals surface area contributed by atoms with Gasteiger partial charge < -0.3 is 9.47 Å². The minimum atomic E-state index is 0.790. The van der Waals surface area contributed by atoms with Crippen LogP contribution in [0.2, 0.25) is 0 Å². The summed E-state index contributed by atoms with van der Waals surface area (Å²) in [4.78, 5) is 10.8. The number of likely N-dealkylation sites (tertiary alicyclic amines) is 1. The number of aryl methyl sites for hydroxylation is 2. The Hall–Kier alpha value is -1.17. The van der Waals surface area contributed by atoms with Crippen LogP contribution in [0.3, 0.4) is 0 Å². The first-order valence-corrected chi connectivity index (χ1v) is 8.90. The van der Waals surface area contributed by atoms with Gasteiger partial charge in [0.05, 0.1) is 11.2 Å². The monoisotopic (exact) mass is 318 g/mol. The molecule has 1 fully saturated rings. The van der Waals surface area contributed by atoms with Gasteiger partial charge in [-0.25, -0.2) is 4.98 Å². The summed E-state index contributed by atoms with van der Waals surface area (Å²) in [7, 11) is 4.37. The Kier molecular flexibility index (Phi) is 4.96. The quantitative estimate of drug-likeness (QED) is 0.818. The summed E-state index contributed by atoms with van der Waals surface area (Å²) in [5.41, 5.74) is 4.55. The molecule has 3 rings (SSSR count). The van der Waals surface area contributed by atoms with Crippen molar-refractivity contribution >= 4 is 11.3 Å². The molecular weight excluding hydrogens is 292 g/mol. The van der Waals surface area contributed by atoms with Crippen molar-refractivity contribution in [2.45, 2.75) is 26.4 Å². The lowest BCUT2D eigenvalue weighted by atomic mass is 10.1. The Morgan fingerprint density at radius 3 is 3.00 bits per heavy atom. The highest BCUT2D eigenvalue weighted by molar-refractivity contribution is 7.09. The maximum atomic E-state index is 4.34. The second-order valence-electron chi connectivity index (χ2n) is 6.56. The average Bonchev–Trinajstić information content (AvgIpc) is 3.17. The number of hydrogen-bond donors (Lipinski definition) is 0. The van der Waals surface area contributed by atoms with E-state index in [1.54, 1.807) is 11.3 Å². The SMILES string of the molecule is Cc1ncsc1CN(C)C[C@H]1CCN(Cc2cccn2C)C1. The summed E-state index contributed by atoms with van der Waals surface area (Å²) < 4.78 is 2.23. The molecule has 0 amide bonds. The van der Waals surface area contributed by atoms with Crippen LogP contribution in [0.15, 0.2) is 23.8 Å². The largest absolute Gasteiger partial charge is 0.353 e. The first kappa shape index (κ1) is 15.7. The van der Waals surface area contributed by atoms with Crippen molar-refractivity contribution in [1.82, 2.24) is 19.4 Å². The van der Waals surface area contributed by atoms with Crippen LogP contribution >= 0.6 is 11.3 Å². The summed E-state index contributed by atoms with van der Waals surface area (Å²) >= 11 is 1.77. The summed E-state index contributed by atoms with van der Waals surface area (Å²) in [6, 6.07) is 4.36. The second-order valence-corrected chi connectivity index (χ2v) is 7.50. The zero-order chi connectivity index (χ0) is 15.5. The van der Waals surface area contributed by atoms with Crippen LogP contribution < -0.4 is 0 Å². The third-order valence-electron chi connectivity index (χ3n) is 4.64. The van der Waals surface area contributed by atoms with Crippen molar-refractivity contribution in [2.24, 2.45) is 13.0 Å². The van der Waals surface area contributed by atoms with E-state index in [9.17, 15) is 0 Å². The number of aromatic nitrogens is 2. The van der Waals surface area contributed by atoms with Gasteiger partial charge in [0.2, 0.25) is 0 Å². The smallest absolute Gasteiger partial charge is 0.0798 e. The predicted octanol–water partition coefficient (Wildman–Crippen LogP) is 2.74. The van der Waals surface area contributed by atoms with Gasteiger partial charge in [0.25, 0.3) is 0 Å². The molecule has 0 saturated carbocycles. The molecular formula is C17H26N4S. The Morgan fingerprint density at radius 1 is 1.45 bits per heavy atom. The van der Waals surface area contributed by atoms with Crippen LogP contribution in [0.25, 0.3) is 0 Å². The Morgan fingerprint density at radius 2 is 2.32 bits per heavy atom. The molecule has 120 valence electrons. The van der Waals surface area contributed by atoms with E-state index in [-0.39, 0.29) is 0 Å². The Labute approximate surface area is 137 Å². The van der Waals surface area contributed by atoms with Crippen LogP contribution in [-0.2, 0) is 20.1 Å². The summed E-state index contributed by atoms with van der Waals surface area (Å²) in [6.45, 7) is 7.85. The molecule has 0 spiro atoms. The first-order valence-electron chi connectivity index (χ1n) is 8.02. The molecule has 1 atom stereocenters. The van der Waals surface area contributed by atoms with Gasteiger partial charge in [-0.1, -0.05) is 0 Å². The van der Waals surface area contributed by atoms with E-state index in [0.717, 1.165) is 19.0 Å². The normalized spacial score (nSPS) is 19.4. The van der Waals surface area contributed by atoms with Crippen molar-refractivity contribution in [3.05, 3.63) is 40.1 Å². The summed E-state index contributed by atoms with van der Waals surface area (Å²) in [5.74, 6) is 0.790. The lowest BCUT2D eigenvalue weighted by molar-refractivity contribution is 0.254. The zero-order valence-electron chi connectivity index (χ0n) is 13.8.